The van der Waals surface area contributed by atoms with Crippen molar-refractivity contribution in [2.75, 3.05) is 6.54 Å². The first-order valence-corrected chi connectivity index (χ1v) is 8.24. The van der Waals surface area contributed by atoms with Crippen molar-refractivity contribution in [1.29, 1.82) is 0 Å². The van der Waals surface area contributed by atoms with E-state index in [1.165, 1.54) is 0 Å². The van der Waals surface area contributed by atoms with Crippen molar-refractivity contribution < 1.29 is 4.79 Å². The molecule has 2 heterocycles. The third-order valence-corrected chi connectivity index (χ3v) is 3.97. The minimum Gasteiger partial charge on any atom is -0.351 e. The van der Waals surface area contributed by atoms with Crippen molar-refractivity contribution in [1.82, 2.24) is 19.7 Å². The summed E-state index contributed by atoms with van der Waals surface area (Å²) in [6, 6.07) is 13.0. The molecule has 0 aliphatic heterocycles. The van der Waals surface area contributed by atoms with Crippen molar-refractivity contribution >= 4 is 17.5 Å². The molecule has 24 heavy (non-hydrogen) atoms. The molecule has 0 fully saturated rings. The number of amides is 1. The van der Waals surface area contributed by atoms with Crippen LogP contribution < -0.4 is 5.32 Å². The standard InChI is InChI=1S/C18H19ClN4O/c1-3-9-20-18(24)17-12-15(16-8-5-10-22(16)2)21-23(17)14-7-4-6-13(19)11-14/h4-8,10-12H,3,9H2,1-2H3,(H,20,24). The molecule has 2 aromatic heterocycles. The zero-order valence-corrected chi connectivity index (χ0v) is 14.4. The second-order valence-corrected chi connectivity index (χ2v) is 6.00. The Morgan fingerprint density at radius 1 is 1.25 bits per heavy atom. The van der Waals surface area contributed by atoms with E-state index in [0.717, 1.165) is 23.5 Å². The van der Waals surface area contributed by atoms with E-state index in [4.69, 9.17) is 11.6 Å². The molecule has 0 aliphatic carbocycles. The van der Waals surface area contributed by atoms with E-state index in [1.54, 1.807) is 22.9 Å². The van der Waals surface area contributed by atoms with Crippen LogP contribution in [-0.4, -0.2) is 26.8 Å². The SMILES string of the molecule is CCCNC(=O)c1cc(-c2cccn2C)nn1-c1cccc(Cl)c1. The quantitative estimate of drug-likeness (QED) is 0.769. The van der Waals surface area contributed by atoms with Crippen LogP contribution in [0, 0.1) is 0 Å². The Morgan fingerprint density at radius 3 is 2.75 bits per heavy atom. The predicted octanol–water partition coefficient (Wildman–Crippen LogP) is 3.67. The fourth-order valence-electron chi connectivity index (χ4n) is 2.53. The molecule has 1 amide bonds. The van der Waals surface area contributed by atoms with Crippen LogP contribution in [0.25, 0.3) is 17.1 Å². The zero-order valence-electron chi connectivity index (χ0n) is 13.7. The first kappa shape index (κ1) is 16.3. The lowest BCUT2D eigenvalue weighted by Gasteiger charge is -2.08. The van der Waals surface area contributed by atoms with Crippen molar-refractivity contribution in [3.05, 3.63) is 59.4 Å². The number of rotatable bonds is 5. The highest BCUT2D eigenvalue weighted by molar-refractivity contribution is 6.30. The van der Waals surface area contributed by atoms with Crippen LogP contribution in [0.5, 0.6) is 0 Å². The first-order valence-electron chi connectivity index (χ1n) is 7.86. The molecular weight excluding hydrogens is 324 g/mol. The van der Waals surface area contributed by atoms with Crippen LogP contribution in [-0.2, 0) is 7.05 Å². The number of hydrogen-bond donors (Lipinski definition) is 1. The predicted molar refractivity (Wildman–Crippen MR) is 95.6 cm³/mol. The van der Waals surface area contributed by atoms with Gasteiger partial charge in [-0.1, -0.05) is 24.6 Å². The maximum absolute atomic E-state index is 12.5. The third kappa shape index (κ3) is 3.21. The normalized spacial score (nSPS) is 10.8. The van der Waals surface area contributed by atoms with Gasteiger partial charge in [-0.2, -0.15) is 5.10 Å². The second-order valence-electron chi connectivity index (χ2n) is 5.57. The number of aryl methyl sites for hydroxylation is 1. The van der Waals surface area contributed by atoms with Gasteiger partial charge in [-0.25, -0.2) is 4.68 Å². The minimum absolute atomic E-state index is 0.148. The van der Waals surface area contributed by atoms with Gasteiger partial charge in [-0.05, 0) is 42.8 Å². The second kappa shape index (κ2) is 6.93. The van der Waals surface area contributed by atoms with Crippen LogP contribution in [0.2, 0.25) is 5.02 Å². The Labute approximate surface area is 145 Å². The molecule has 0 bridgehead atoms. The van der Waals surface area contributed by atoms with Crippen molar-refractivity contribution in [2.24, 2.45) is 7.05 Å². The Balaban J connectivity index is 2.09. The highest BCUT2D eigenvalue weighted by atomic mass is 35.5. The van der Waals surface area contributed by atoms with E-state index < -0.39 is 0 Å². The van der Waals surface area contributed by atoms with Gasteiger partial charge >= 0.3 is 0 Å². The van der Waals surface area contributed by atoms with Gasteiger partial charge in [0, 0.05) is 24.8 Å². The van der Waals surface area contributed by atoms with Gasteiger partial charge in [-0.3, -0.25) is 4.79 Å². The summed E-state index contributed by atoms with van der Waals surface area (Å²) < 4.78 is 3.61. The molecule has 6 heteroatoms. The zero-order chi connectivity index (χ0) is 17.1. The smallest absolute Gasteiger partial charge is 0.270 e. The average molecular weight is 343 g/mol. The Morgan fingerprint density at radius 2 is 2.08 bits per heavy atom. The van der Waals surface area contributed by atoms with Gasteiger partial charge in [-0.15, -0.1) is 0 Å². The van der Waals surface area contributed by atoms with Gasteiger partial charge in [0.1, 0.15) is 11.4 Å². The molecule has 0 saturated heterocycles. The molecule has 0 atom stereocenters. The van der Waals surface area contributed by atoms with Gasteiger partial charge in [0.25, 0.3) is 5.91 Å². The number of aromatic nitrogens is 3. The van der Waals surface area contributed by atoms with Crippen LogP contribution in [0.1, 0.15) is 23.8 Å². The maximum Gasteiger partial charge on any atom is 0.270 e. The Kier molecular flexibility index (Phi) is 4.71. The van der Waals surface area contributed by atoms with Crippen molar-refractivity contribution in [3.8, 4) is 17.1 Å². The number of hydrogen-bond acceptors (Lipinski definition) is 2. The summed E-state index contributed by atoms with van der Waals surface area (Å²) in [5, 5.41) is 8.14. The molecule has 0 spiro atoms. The Hall–Kier alpha value is -2.53. The largest absolute Gasteiger partial charge is 0.351 e. The molecule has 0 radical (unpaired) electrons. The van der Waals surface area contributed by atoms with Crippen molar-refractivity contribution in [2.45, 2.75) is 13.3 Å². The lowest BCUT2D eigenvalue weighted by molar-refractivity contribution is 0.0946. The van der Waals surface area contributed by atoms with Crippen LogP contribution in [0.4, 0.5) is 0 Å². The molecule has 124 valence electrons. The number of halogens is 1. The summed E-state index contributed by atoms with van der Waals surface area (Å²) >= 11 is 6.10. The molecule has 3 rings (SSSR count). The number of benzene rings is 1. The highest BCUT2D eigenvalue weighted by Crippen LogP contribution is 2.23. The summed E-state index contributed by atoms with van der Waals surface area (Å²) in [6.45, 7) is 2.64. The fourth-order valence-corrected chi connectivity index (χ4v) is 2.71. The van der Waals surface area contributed by atoms with E-state index in [2.05, 4.69) is 10.4 Å². The molecule has 1 aromatic carbocycles. The molecule has 0 saturated carbocycles. The summed E-state index contributed by atoms with van der Waals surface area (Å²) in [5.74, 6) is -0.148. The van der Waals surface area contributed by atoms with Crippen LogP contribution in [0.15, 0.2) is 48.7 Å². The van der Waals surface area contributed by atoms with Crippen molar-refractivity contribution in [3.63, 3.8) is 0 Å². The molecule has 1 N–H and O–H groups in total. The fraction of sp³-hybridized carbons (Fsp3) is 0.222. The van der Waals surface area contributed by atoms with E-state index in [9.17, 15) is 4.79 Å². The van der Waals surface area contributed by atoms with E-state index >= 15 is 0 Å². The summed E-state index contributed by atoms with van der Waals surface area (Å²) in [7, 11) is 1.95. The number of carbonyl (C=O) groups excluding carboxylic acids is 1. The average Bonchev–Trinajstić information content (AvgIpc) is 3.18. The monoisotopic (exact) mass is 342 g/mol. The number of carbonyl (C=O) groups is 1. The maximum atomic E-state index is 12.5. The van der Waals surface area contributed by atoms with Gasteiger partial charge in [0.2, 0.25) is 0 Å². The van der Waals surface area contributed by atoms with Gasteiger partial charge in [0.15, 0.2) is 0 Å². The van der Waals surface area contributed by atoms with E-state index in [0.29, 0.717) is 17.3 Å². The topological polar surface area (TPSA) is 51.9 Å². The van der Waals surface area contributed by atoms with Crippen LogP contribution >= 0.6 is 11.6 Å². The molecule has 5 nitrogen and oxygen atoms in total. The van der Waals surface area contributed by atoms with E-state index in [1.807, 2.05) is 49.0 Å². The lowest BCUT2D eigenvalue weighted by Crippen LogP contribution is -2.26. The third-order valence-electron chi connectivity index (χ3n) is 3.74. The minimum atomic E-state index is -0.148. The first-order chi connectivity index (χ1) is 11.6. The molecule has 0 unspecified atom stereocenters. The van der Waals surface area contributed by atoms with E-state index in [-0.39, 0.29) is 5.91 Å². The summed E-state index contributed by atoms with van der Waals surface area (Å²) in [5.41, 5.74) is 2.93. The highest BCUT2D eigenvalue weighted by Gasteiger charge is 2.18. The molecular formula is C18H19ClN4O. The van der Waals surface area contributed by atoms with Crippen LogP contribution in [0.3, 0.4) is 0 Å². The molecule has 3 aromatic rings. The number of nitrogens with zero attached hydrogens (tertiary/aromatic N) is 3. The van der Waals surface area contributed by atoms with Gasteiger partial charge in [0.05, 0.1) is 11.4 Å². The Bertz CT molecular complexity index is 866. The number of nitrogens with one attached hydrogen (secondary N) is 1. The summed E-state index contributed by atoms with van der Waals surface area (Å²) in [4.78, 5) is 12.5. The lowest BCUT2D eigenvalue weighted by atomic mass is 10.2. The molecule has 0 aliphatic rings. The van der Waals surface area contributed by atoms with Gasteiger partial charge < -0.3 is 9.88 Å². The summed E-state index contributed by atoms with van der Waals surface area (Å²) in [6.07, 6.45) is 2.83.